The van der Waals surface area contributed by atoms with Gasteiger partial charge in [0, 0.05) is 36.9 Å². The highest BCUT2D eigenvalue weighted by Crippen LogP contribution is 2.21. The van der Waals surface area contributed by atoms with Crippen LogP contribution in [0.5, 0.6) is 0 Å². The minimum absolute atomic E-state index is 0.203. The number of H-pyrrole nitrogens is 1. The normalized spacial score (nSPS) is 21.6. The summed E-state index contributed by atoms with van der Waals surface area (Å²) in [5, 5.41) is 7.18. The third kappa shape index (κ3) is 3.58. The van der Waals surface area contributed by atoms with Crippen LogP contribution in [0.25, 0.3) is 0 Å². The molecular weight excluding hydrogens is 210 g/mol. The minimum atomic E-state index is 0.203. The van der Waals surface area contributed by atoms with Crippen molar-refractivity contribution in [2.24, 2.45) is 0 Å². The molecule has 0 aromatic carbocycles. The SMILES string of the molecule is CC(C)(CNCC1CCCCN1)c1cc[nH]c1. The summed E-state index contributed by atoms with van der Waals surface area (Å²) in [6.45, 7) is 7.89. The first-order valence-electron chi connectivity index (χ1n) is 6.76. The number of hydrogen-bond acceptors (Lipinski definition) is 2. The van der Waals surface area contributed by atoms with Crippen molar-refractivity contribution >= 4 is 0 Å². The second-order valence-corrected chi connectivity index (χ2v) is 5.76. The number of rotatable bonds is 5. The summed E-state index contributed by atoms with van der Waals surface area (Å²) < 4.78 is 0. The highest BCUT2D eigenvalue weighted by Gasteiger charge is 2.21. The zero-order valence-corrected chi connectivity index (χ0v) is 11.1. The van der Waals surface area contributed by atoms with Crippen molar-refractivity contribution in [2.75, 3.05) is 19.6 Å². The Labute approximate surface area is 104 Å². The van der Waals surface area contributed by atoms with Gasteiger partial charge in [-0.3, -0.25) is 0 Å². The fourth-order valence-corrected chi connectivity index (χ4v) is 2.50. The molecule has 0 spiro atoms. The van der Waals surface area contributed by atoms with Crippen molar-refractivity contribution in [2.45, 2.75) is 44.6 Å². The quantitative estimate of drug-likeness (QED) is 0.731. The largest absolute Gasteiger partial charge is 0.367 e. The first-order valence-corrected chi connectivity index (χ1v) is 6.76. The maximum atomic E-state index is 3.61. The van der Waals surface area contributed by atoms with Crippen LogP contribution < -0.4 is 10.6 Å². The third-order valence-electron chi connectivity index (χ3n) is 3.75. The second kappa shape index (κ2) is 5.69. The average Bonchev–Trinajstić information content (AvgIpc) is 2.84. The molecule has 96 valence electrons. The van der Waals surface area contributed by atoms with Crippen LogP contribution in [0.1, 0.15) is 38.7 Å². The predicted molar refractivity (Wildman–Crippen MR) is 72.3 cm³/mol. The number of aromatic amines is 1. The Bertz CT molecular complexity index is 310. The van der Waals surface area contributed by atoms with Crippen LogP contribution in [0.3, 0.4) is 0 Å². The lowest BCUT2D eigenvalue weighted by molar-refractivity contribution is 0.366. The summed E-state index contributed by atoms with van der Waals surface area (Å²) in [4.78, 5) is 3.14. The highest BCUT2D eigenvalue weighted by molar-refractivity contribution is 5.20. The molecule has 3 nitrogen and oxygen atoms in total. The van der Waals surface area contributed by atoms with E-state index in [-0.39, 0.29) is 5.41 Å². The van der Waals surface area contributed by atoms with Gasteiger partial charge in [-0.15, -0.1) is 0 Å². The van der Waals surface area contributed by atoms with Crippen LogP contribution in [0.2, 0.25) is 0 Å². The summed E-state index contributed by atoms with van der Waals surface area (Å²) in [6, 6.07) is 2.84. The Hall–Kier alpha value is -0.800. The second-order valence-electron chi connectivity index (χ2n) is 5.76. The van der Waals surface area contributed by atoms with E-state index < -0.39 is 0 Å². The summed E-state index contributed by atoms with van der Waals surface area (Å²) in [5.41, 5.74) is 1.58. The van der Waals surface area contributed by atoms with Crippen molar-refractivity contribution in [3.63, 3.8) is 0 Å². The van der Waals surface area contributed by atoms with Gasteiger partial charge in [0.05, 0.1) is 0 Å². The van der Waals surface area contributed by atoms with Gasteiger partial charge in [0.15, 0.2) is 0 Å². The van der Waals surface area contributed by atoms with E-state index in [1.54, 1.807) is 0 Å². The molecule has 1 saturated heterocycles. The van der Waals surface area contributed by atoms with Crippen molar-refractivity contribution in [1.29, 1.82) is 0 Å². The average molecular weight is 235 g/mol. The predicted octanol–water partition coefficient (Wildman–Crippen LogP) is 2.02. The first-order chi connectivity index (χ1) is 8.18. The van der Waals surface area contributed by atoms with Gasteiger partial charge in [-0.05, 0) is 31.0 Å². The minimum Gasteiger partial charge on any atom is -0.367 e. The summed E-state index contributed by atoms with van der Waals surface area (Å²) in [7, 11) is 0. The van der Waals surface area contributed by atoms with Crippen LogP contribution in [-0.4, -0.2) is 30.7 Å². The molecule has 0 bridgehead atoms. The molecule has 2 heterocycles. The van der Waals surface area contributed by atoms with Gasteiger partial charge in [-0.25, -0.2) is 0 Å². The van der Waals surface area contributed by atoms with Crippen molar-refractivity contribution in [3.05, 3.63) is 24.0 Å². The maximum absolute atomic E-state index is 3.61. The third-order valence-corrected chi connectivity index (χ3v) is 3.75. The number of piperidine rings is 1. The molecule has 1 fully saturated rings. The fraction of sp³-hybridized carbons (Fsp3) is 0.714. The molecule has 0 saturated carbocycles. The Morgan fingerprint density at radius 3 is 2.94 bits per heavy atom. The summed E-state index contributed by atoms with van der Waals surface area (Å²) in [6.07, 6.45) is 8.13. The summed E-state index contributed by atoms with van der Waals surface area (Å²) in [5.74, 6) is 0. The van der Waals surface area contributed by atoms with Crippen molar-refractivity contribution < 1.29 is 0 Å². The monoisotopic (exact) mass is 235 g/mol. The van der Waals surface area contributed by atoms with Crippen molar-refractivity contribution in [1.82, 2.24) is 15.6 Å². The molecule has 1 aliphatic heterocycles. The van der Waals surface area contributed by atoms with Crippen LogP contribution in [0.4, 0.5) is 0 Å². The molecule has 1 aliphatic rings. The molecule has 1 atom stereocenters. The number of nitrogens with one attached hydrogen (secondary N) is 3. The lowest BCUT2D eigenvalue weighted by atomic mass is 9.86. The summed E-state index contributed by atoms with van der Waals surface area (Å²) >= 11 is 0. The van der Waals surface area contributed by atoms with Gasteiger partial charge in [-0.1, -0.05) is 20.3 Å². The fourth-order valence-electron chi connectivity index (χ4n) is 2.50. The Morgan fingerprint density at radius 2 is 2.29 bits per heavy atom. The standard InChI is InChI=1S/C14H25N3/c1-14(2,12-6-8-15-9-12)11-16-10-13-5-3-4-7-17-13/h6,8-9,13,15-17H,3-5,7,10-11H2,1-2H3. The molecule has 3 heteroatoms. The van der Waals surface area contributed by atoms with E-state index in [0.29, 0.717) is 6.04 Å². The number of aromatic nitrogens is 1. The van der Waals surface area contributed by atoms with Gasteiger partial charge in [-0.2, -0.15) is 0 Å². The molecule has 0 amide bonds. The first kappa shape index (κ1) is 12.7. The van der Waals surface area contributed by atoms with Gasteiger partial charge in [0.2, 0.25) is 0 Å². The van der Waals surface area contributed by atoms with E-state index in [1.165, 1.54) is 31.4 Å². The molecule has 0 radical (unpaired) electrons. The Balaban J connectivity index is 1.74. The van der Waals surface area contributed by atoms with Gasteiger partial charge < -0.3 is 15.6 Å². The molecule has 1 unspecified atom stereocenters. The van der Waals surface area contributed by atoms with E-state index in [4.69, 9.17) is 0 Å². The van der Waals surface area contributed by atoms with Gasteiger partial charge in [0.1, 0.15) is 0 Å². The molecule has 17 heavy (non-hydrogen) atoms. The number of hydrogen-bond donors (Lipinski definition) is 3. The van der Waals surface area contributed by atoms with Crippen LogP contribution in [0.15, 0.2) is 18.5 Å². The van der Waals surface area contributed by atoms with Crippen LogP contribution in [-0.2, 0) is 5.41 Å². The molecule has 1 aromatic rings. The van der Waals surface area contributed by atoms with E-state index in [9.17, 15) is 0 Å². The van der Waals surface area contributed by atoms with Gasteiger partial charge in [0.25, 0.3) is 0 Å². The van der Waals surface area contributed by atoms with E-state index in [2.05, 4.69) is 41.7 Å². The zero-order chi connectivity index (χ0) is 12.1. The molecule has 1 aromatic heterocycles. The van der Waals surface area contributed by atoms with E-state index in [1.807, 2.05) is 6.20 Å². The molecular formula is C14H25N3. The van der Waals surface area contributed by atoms with E-state index in [0.717, 1.165) is 13.1 Å². The Kier molecular flexibility index (Phi) is 4.24. The van der Waals surface area contributed by atoms with Crippen molar-refractivity contribution in [3.8, 4) is 0 Å². The lowest BCUT2D eigenvalue weighted by Crippen LogP contribution is -2.44. The van der Waals surface area contributed by atoms with E-state index >= 15 is 0 Å². The highest BCUT2D eigenvalue weighted by atomic mass is 15.0. The Morgan fingerprint density at radius 1 is 1.41 bits per heavy atom. The molecule has 0 aliphatic carbocycles. The lowest BCUT2D eigenvalue weighted by Gasteiger charge is -2.28. The maximum Gasteiger partial charge on any atom is 0.0192 e. The topological polar surface area (TPSA) is 39.8 Å². The smallest absolute Gasteiger partial charge is 0.0192 e. The van der Waals surface area contributed by atoms with Crippen LogP contribution in [0, 0.1) is 0 Å². The molecule has 2 rings (SSSR count). The van der Waals surface area contributed by atoms with Crippen LogP contribution >= 0.6 is 0 Å². The zero-order valence-electron chi connectivity index (χ0n) is 11.1. The molecule has 3 N–H and O–H groups in total. The van der Waals surface area contributed by atoms with Gasteiger partial charge >= 0.3 is 0 Å².